The lowest BCUT2D eigenvalue weighted by Crippen LogP contribution is -2.41. The molecule has 1 atom stereocenters. The van der Waals surface area contributed by atoms with Crippen LogP contribution in [0.4, 0.5) is 4.79 Å². The minimum atomic E-state index is -0.774. The van der Waals surface area contributed by atoms with Gasteiger partial charge in [0.05, 0.1) is 5.92 Å². The molecule has 5 heteroatoms. The normalized spacial score (nSPS) is 16.4. The Balaban J connectivity index is 2.13. The van der Waals surface area contributed by atoms with Crippen LogP contribution < -0.4 is 5.32 Å². The largest absolute Gasteiger partial charge is 0.481 e. The molecule has 0 radical (unpaired) electrons. The number of carboxylic acid groups (broad SMARTS) is 1. The van der Waals surface area contributed by atoms with Crippen LogP contribution in [0.2, 0.25) is 0 Å². The summed E-state index contributed by atoms with van der Waals surface area (Å²) in [7, 11) is 0. The molecule has 1 saturated carbocycles. The van der Waals surface area contributed by atoms with Crippen LogP contribution in [0, 0.1) is 5.92 Å². The van der Waals surface area contributed by atoms with Crippen molar-refractivity contribution in [2.45, 2.75) is 45.6 Å². The van der Waals surface area contributed by atoms with E-state index >= 15 is 0 Å². The predicted octanol–water partition coefficient (Wildman–Crippen LogP) is 1.68. The van der Waals surface area contributed by atoms with E-state index in [1.165, 1.54) is 0 Å². The molecule has 0 heterocycles. The summed E-state index contributed by atoms with van der Waals surface area (Å²) in [4.78, 5) is 24.2. The predicted molar refractivity (Wildman–Crippen MR) is 64.8 cm³/mol. The van der Waals surface area contributed by atoms with Crippen molar-refractivity contribution in [2.24, 2.45) is 5.92 Å². The molecular formula is C12H22N2O3. The summed E-state index contributed by atoms with van der Waals surface area (Å²) in [5.41, 5.74) is 0. The van der Waals surface area contributed by atoms with E-state index in [1.54, 1.807) is 6.92 Å². The Morgan fingerprint density at radius 1 is 1.47 bits per heavy atom. The average molecular weight is 242 g/mol. The van der Waals surface area contributed by atoms with Crippen molar-refractivity contribution in [3.05, 3.63) is 0 Å². The quantitative estimate of drug-likeness (QED) is 0.667. The second-order valence-electron chi connectivity index (χ2n) is 4.63. The van der Waals surface area contributed by atoms with E-state index in [0.717, 1.165) is 19.4 Å². The number of carbonyl (C=O) groups excluding carboxylic acids is 1. The molecule has 0 saturated heterocycles. The van der Waals surface area contributed by atoms with Crippen LogP contribution in [0.25, 0.3) is 0 Å². The topological polar surface area (TPSA) is 69.6 Å². The monoisotopic (exact) mass is 242 g/mol. The van der Waals surface area contributed by atoms with E-state index in [4.69, 9.17) is 5.11 Å². The third-order valence-electron chi connectivity index (χ3n) is 3.10. The van der Waals surface area contributed by atoms with E-state index in [2.05, 4.69) is 5.32 Å². The Morgan fingerprint density at radius 3 is 2.59 bits per heavy atom. The first-order valence-electron chi connectivity index (χ1n) is 6.33. The summed E-state index contributed by atoms with van der Waals surface area (Å²) in [5.74, 6) is -1.11. The lowest BCUT2D eigenvalue weighted by molar-refractivity contribution is -0.141. The third kappa shape index (κ3) is 4.63. The van der Waals surface area contributed by atoms with Gasteiger partial charge in [-0.2, -0.15) is 0 Å². The van der Waals surface area contributed by atoms with Gasteiger partial charge in [0.25, 0.3) is 0 Å². The zero-order valence-electron chi connectivity index (χ0n) is 10.6. The van der Waals surface area contributed by atoms with Crippen molar-refractivity contribution in [1.82, 2.24) is 10.2 Å². The molecule has 1 aliphatic carbocycles. The Morgan fingerprint density at radius 2 is 2.12 bits per heavy atom. The number of amides is 2. The van der Waals surface area contributed by atoms with Crippen LogP contribution >= 0.6 is 0 Å². The Bertz CT molecular complexity index is 277. The van der Waals surface area contributed by atoms with Gasteiger partial charge >= 0.3 is 12.0 Å². The van der Waals surface area contributed by atoms with Gasteiger partial charge < -0.3 is 15.3 Å². The molecule has 0 aliphatic heterocycles. The molecule has 1 aliphatic rings. The van der Waals surface area contributed by atoms with Crippen LogP contribution in [-0.4, -0.2) is 41.1 Å². The molecule has 1 unspecified atom stereocenters. The van der Waals surface area contributed by atoms with Gasteiger partial charge in [0.2, 0.25) is 0 Å². The first kappa shape index (κ1) is 13.8. The fraction of sp³-hybridized carbons (Fsp3) is 0.833. The van der Waals surface area contributed by atoms with Gasteiger partial charge in [-0.1, -0.05) is 6.92 Å². The van der Waals surface area contributed by atoms with Gasteiger partial charge in [0.1, 0.15) is 0 Å². The molecule has 0 aromatic rings. The smallest absolute Gasteiger partial charge is 0.317 e. The molecule has 2 N–H and O–H groups in total. The zero-order valence-corrected chi connectivity index (χ0v) is 10.6. The first-order valence-corrected chi connectivity index (χ1v) is 6.33. The minimum absolute atomic E-state index is 0.0158. The average Bonchev–Trinajstić information content (AvgIpc) is 3.09. The van der Waals surface area contributed by atoms with Crippen molar-refractivity contribution >= 4 is 12.0 Å². The molecule has 98 valence electrons. The summed E-state index contributed by atoms with van der Waals surface area (Å²) < 4.78 is 0. The SMILES string of the molecule is CCN(C(=O)NCCCC(C)C(=O)O)C1CC1. The maximum atomic E-state index is 11.7. The van der Waals surface area contributed by atoms with E-state index in [1.807, 2.05) is 11.8 Å². The van der Waals surface area contributed by atoms with Gasteiger partial charge in [-0.25, -0.2) is 4.79 Å². The van der Waals surface area contributed by atoms with Crippen molar-refractivity contribution in [2.75, 3.05) is 13.1 Å². The maximum Gasteiger partial charge on any atom is 0.317 e. The second-order valence-corrected chi connectivity index (χ2v) is 4.63. The van der Waals surface area contributed by atoms with Crippen molar-refractivity contribution < 1.29 is 14.7 Å². The molecule has 1 rings (SSSR count). The second kappa shape index (κ2) is 6.47. The number of nitrogens with one attached hydrogen (secondary N) is 1. The summed E-state index contributed by atoms with van der Waals surface area (Å²) >= 11 is 0. The van der Waals surface area contributed by atoms with Crippen molar-refractivity contribution in [3.8, 4) is 0 Å². The fourth-order valence-electron chi connectivity index (χ4n) is 1.78. The first-order chi connectivity index (χ1) is 8.06. The van der Waals surface area contributed by atoms with Crippen LogP contribution in [0.15, 0.2) is 0 Å². The van der Waals surface area contributed by atoms with Crippen LogP contribution in [0.3, 0.4) is 0 Å². The number of nitrogens with zero attached hydrogens (tertiary/aromatic N) is 1. The minimum Gasteiger partial charge on any atom is -0.481 e. The molecule has 0 spiro atoms. The van der Waals surface area contributed by atoms with Gasteiger partial charge in [-0.05, 0) is 32.6 Å². The van der Waals surface area contributed by atoms with Gasteiger partial charge in [0.15, 0.2) is 0 Å². The van der Waals surface area contributed by atoms with Gasteiger partial charge in [0, 0.05) is 19.1 Å². The molecule has 0 aromatic carbocycles. The molecule has 0 bridgehead atoms. The fourth-order valence-corrected chi connectivity index (χ4v) is 1.78. The molecule has 17 heavy (non-hydrogen) atoms. The van der Waals surface area contributed by atoms with E-state index in [0.29, 0.717) is 25.4 Å². The highest BCUT2D eigenvalue weighted by molar-refractivity contribution is 5.74. The van der Waals surface area contributed by atoms with Crippen LogP contribution in [0.5, 0.6) is 0 Å². The third-order valence-corrected chi connectivity index (χ3v) is 3.10. The van der Waals surface area contributed by atoms with E-state index < -0.39 is 5.97 Å². The summed E-state index contributed by atoms with van der Waals surface area (Å²) in [6.45, 7) is 4.96. The molecular weight excluding hydrogens is 220 g/mol. The van der Waals surface area contributed by atoms with E-state index in [-0.39, 0.29) is 11.9 Å². The Hall–Kier alpha value is -1.26. The molecule has 2 amide bonds. The van der Waals surface area contributed by atoms with Crippen LogP contribution in [0.1, 0.15) is 39.5 Å². The summed E-state index contributed by atoms with van der Waals surface area (Å²) in [6, 6.07) is 0.413. The zero-order chi connectivity index (χ0) is 12.8. The van der Waals surface area contributed by atoms with E-state index in [9.17, 15) is 9.59 Å². The highest BCUT2D eigenvalue weighted by Gasteiger charge is 2.31. The summed E-state index contributed by atoms with van der Waals surface area (Å²) in [6.07, 6.45) is 3.53. The van der Waals surface area contributed by atoms with Gasteiger partial charge in [-0.15, -0.1) is 0 Å². The van der Waals surface area contributed by atoms with Gasteiger partial charge in [-0.3, -0.25) is 4.79 Å². The number of aliphatic carboxylic acids is 1. The lowest BCUT2D eigenvalue weighted by Gasteiger charge is -2.20. The number of hydrogen-bond acceptors (Lipinski definition) is 2. The number of hydrogen-bond donors (Lipinski definition) is 2. The molecule has 0 aromatic heterocycles. The standard InChI is InChI=1S/C12H22N2O3/c1-3-14(10-6-7-10)12(17)13-8-4-5-9(2)11(15)16/h9-10H,3-8H2,1-2H3,(H,13,17)(H,15,16). The number of carboxylic acids is 1. The maximum absolute atomic E-state index is 11.7. The summed E-state index contributed by atoms with van der Waals surface area (Å²) in [5, 5.41) is 11.5. The number of rotatable bonds is 7. The van der Waals surface area contributed by atoms with Crippen molar-refractivity contribution in [3.63, 3.8) is 0 Å². The Labute approximate surface area is 102 Å². The van der Waals surface area contributed by atoms with Crippen molar-refractivity contribution in [1.29, 1.82) is 0 Å². The van der Waals surface area contributed by atoms with Crippen LogP contribution in [-0.2, 0) is 4.79 Å². The molecule has 5 nitrogen and oxygen atoms in total. The molecule has 1 fully saturated rings. The highest BCUT2D eigenvalue weighted by Crippen LogP contribution is 2.26. The lowest BCUT2D eigenvalue weighted by atomic mass is 10.1. The highest BCUT2D eigenvalue weighted by atomic mass is 16.4. The number of urea groups is 1. The Kier molecular flexibility index (Phi) is 5.25. The number of carbonyl (C=O) groups is 2.